The molecule has 3 rings (SSSR count). The molecular formula is C21H21N3O4S. The maximum atomic E-state index is 12.8. The summed E-state index contributed by atoms with van der Waals surface area (Å²) in [5.41, 5.74) is 1.78. The van der Waals surface area contributed by atoms with E-state index < -0.39 is 10.0 Å². The molecule has 0 atom stereocenters. The Bertz CT molecular complexity index is 1070. The maximum absolute atomic E-state index is 12.8. The van der Waals surface area contributed by atoms with Crippen LogP contribution in [0.1, 0.15) is 15.9 Å². The van der Waals surface area contributed by atoms with Gasteiger partial charge in [0.1, 0.15) is 5.75 Å². The number of ether oxygens (including phenoxy) is 1. The molecule has 0 aliphatic rings. The van der Waals surface area contributed by atoms with Crippen LogP contribution in [0.25, 0.3) is 0 Å². The van der Waals surface area contributed by atoms with Gasteiger partial charge in [-0.3, -0.25) is 14.1 Å². The summed E-state index contributed by atoms with van der Waals surface area (Å²) >= 11 is 0. The Morgan fingerprint density at radius 1 is 1.07 bits per heavy atom. The van der Waals surface area contributed by atoms with Gasteiger partial charge in [-0.25, -0.2) is 8.42 Å². The van der Waals surface area contributed by atoms with Crippen molar-refractivity contribution in [1.82, 2.24) is 10.3 Å². The molecule has 1 N–H and O–H groups in total. The molecule has 29 heavy (non-hydrogen) atoms. The van der Waals surface area contributed by atoms with Crippen molar-refractivity contribution in [3.63, 3.8) is 0 Å². The summed E-state index contributed by atoms with van der Waals surface area (Å²) in [5, 5.41) is 2.81. The molecule has 7 nitrogen and oxygen atoms in total. The summed E-state index contributed by atoms with van der Waals surface area (Å²) in [6, 6.07) is 16.2. The summed E-state index contributed by atoms with van der Waals surface area (Å²) in [7, 11) is -0.739. The Balaban J connectivity index is 1.70. The van der Waals surface area contributed by atoms with Gasteiger partial charge in [0.15, 0.2) is 0 Å². The number of hydrogen-bond donors (Lipinski definition) is 1. The fourth-order valence-corrected chi connectivity index (χ4v) is 3.85. The van der Waals surface area contributed by atoms with E-state index in [-0.39, 0.29) is 10.8 Å². The number of rotatable bonds is 7. The van der Waals surface area contributed by atoms with Crippen LogP contribution in [0.2, 0.25) is 0 Å². The van der Waals surface area contributed by atoms with E-state index in [9.17, 15) is 13.2 Å². The van der Waals surface area contributed by atoms with Gasteiger partial charge in [-0.15, -0.1) is 0 Å². The lowest BCUT2D eigenvalue weighted by Gasteiger charge is -2.20. The summed E-state index contributed by atoms with van der Waals surface area (Å²) in [6.45, 7) is 0.361. The third kappa shape index (κ3) is 4.72. The zero-order chi connectivity index (χ0) is 20.9. The first-order chi connectivity index (χ1) is 13.9. The average Bonchev–Trinajstić information content (AvgIpc) is 2.77. The van der Waals surface area contributed by atoms with Gasteiger partial charge >= 0.3 is 0 Å². The molecule has 8 heteroatoms. The molecule has 0 aliphatic carbocycles. The number of nitrogens with zero attached hydrogens (tertiary/aromatic N) is 2. The normalized spacial score (nSPS) is 11.0. The molecule has 150 valence electrons. The largest absolute Gasteiger partial charge is 0.497 e. The second kappa shape index (κ2) is 8.74. The minimum absolute atomic E-state index is 0.152. The molecule has 1 aromatic heterocycles. The molecular weight excluding hydrogens is 390 g/mol. The molecule has 0 unspecified atom stereocenters. The van der Waals surface area contributed by atoms with E-state index in [0.29, 0.717) is 23.5 Å². The number of hydrogen-bond acceptors (Lipinski definition) is 5. The van der Waals surface area contributed by atoms with E-state index in [1.807, 2.05) is 6.07 Å². The number of anilines is 1. The number of pyridine rings is 1. The minimum atomic E-state index is -3.73. The van der Waals surface area contributed by atoms with Crippen LogP contribution in [0.3, 0.4) is 0 Å². The Labute approximate surface area is 170 Å². The number of methoxy groups -OCH3 is 1. The summed E-state index contributed by atoms with van der Waals surface area (Å²) < 4.78 is 31.9. The quantitative estimate of drug-likeness (QED) is 0.646. The molecule has 0 spiro atoms. The number of carbonyl (C=O) groups is 1. The maximum Gasteiger partial charge on any atom is 0.264 e. The van der Waals surface area contributed by atoms with Crippen LogP contribution >= 0.6 is 0 Å². The third-order valence-electron chi connectivity index (χ3n) is 4.39. The molecule has 0 aliphatic heterocycles. The lowest BCUT2D eigenvalue weighted by molar-refractivity contribution is 0.0951. The molecule has 0 fully saturated rings. The summed E-state index contributed by atoms with van der Waals surface area (Å²) in [4.78, 5) is 16.5. The van der Waals surface area contributed by atoms with Crippen molar-refractivity contribution in [2.45, 2.75) is 11.4 Å². The van der Waals surface area contributed by atoms with Gasteiger partial charge in [-0.1, -0.05) is 6.07 Å². The Morgan fingerprint density at radius 2 is 1.76 bits per heavy atom. The highest BCUT2D eigenvalue weighted by atomic mass is 32.2. The second-order valence-corrected chi connectivity index (χ2v) is 8.21. The Kier molecular flexibility index (Phi) is 6.13. The molecule has 0 radical (unpaired) electrons. The predicted octanol–water partition coefficient (Wildman–Crippen LogP) is 2.85. The monoisotopic (exact) mass is 411 g/mol. The average molecular weight is 411 g/mol. The fraction of sp³-hybridized carbons (Fsp3) is 0.143. The van der Waals surface area contributed by atoms with Gasteiger partial charge < -0.3 is 10.1 Å². The van der Waals surface area contributed by atoms with Gasteiger partial charge in [0, 0.05) is 31.5 Å². The Hall–Kier alpha value is -3.39. The number of sulfonamides is 1. The fourth-order valence-electron chi connectivity index (χ4n) is 2.65. The molecule has 0 bridgehead atoms. The second-order valence-electron chi connectivity index (χ2n) is 6.24. The number of benzene rings is 2. The molecule has 3 aromatic rings. The standard InChI is InChI=1S/C21H21N3O4S/c1-24(29(26,27)20-11-9-19(28-2)10-12-20)18-7-5-17(6-8-18)21(25)23-15-16-4-3-13-22-14-16/h3-14H,15H2,1-2H3,(H,23,25). The van der Waals surface area contributed by atoms with Crippen LogP contribution in [0.15, 0.2) is 78.0 Å². The van der Waals surface area contributed by atoms with Crippen molar-refractivity contribution in [2.75, 3.05) is 18.5 Å². The first kappa shape index (κ1) is 20.3. The topological polar surface area (TPSA) is 88.6 Å². The molecule has 0 saturated heterocycles. The van der Waals surface area contributed by atoms with Crippen molar-refractivity contribution < 1.29 is 17.9 Å². The lowest BCUT2D eigenvalue weighted by atomic mass is 10.2. The number of carbonyl (C=O) groups excluding carboxylic acids is 1. The van der Waals surface area contributed by atoms with Crippen LogP contribution in [-0.2, 0) is 16.6 Å². The van der Waals surface area contributed by atoms with E-state index in [2.05, 4.69) is 10.3 Å². The summed E-state index contributed by atoms with van der Waals surface area (Å²) in [6.07, 6.45) is 3.35. The van der Waals surface area contributed by atoms with E-state index in [4.69, 9.17) is 4.74 Å². The predicted molar refractivity (Wildman–Crippen MR) is 110 cm³/mol. The van der Waals surface area contributed by atoms with Crippen molar-refractivity contribution in [1.29, 1.82) is 0 Å². The zero-order valence-electron chi connectivity index (χ0n) is 16.1. The minimum Gasteiger partial charge on any atom is -0.497 e. The molecule has 2 aromatic carbocycles. The third-order valence-corrected chi connectivity index (χ3v) is 6.19. The van der Waals surface area contributed by atoms with Crippen molar-refractivity contribution in [2.24, 2.45) is 0 Å². The molecule has 0 saturated carbocycles. The van der Waals surface area contributed by atoms with Gasteiger partial charge in [0.2, 0.25) is 0 Å². The van der Waals surface area contributed by atoms with Crippen LogP contribution < -0.4 is 14.4 Å². The van der Waals surface area contributed by atoms with E-state index >= 15 is 0 Å². The van der Waals surface area contributed by atoms with Crippen LogP contribution in [0.4, 0.5) is 5.69 Å². The number of nitrogens with one attached hydrogen (secondary N) is 1. The van der Waals surface area contributed by atoms with Crippen LogP contribution in [0.5, 0.6) is 5.75 Å². The highest BCUT2D eigenvalue weighted by Crippen LogP contribution is 2.24. The van der Waals surface area contributed by atoms with Crippen LogP contribution in [0, 0.1) is 0 Å². The molecule has 1 heterocycles. The van der Waals surface area contributed by atoms with Crippen molar-refractivity contribution in [3.05, 3.63) is 84.2 Å². The lowest BCUT2D eigenvalue weighted by Crippen LogP contribution is -2.27. The van der Waals surface area contributed by atoms with E-state index in [0.717, 1.165) is 5.56 Å². The van der Waals surface area contributed by atoms with Crippen LogP contribution in [-0.4, -0.2) is 33.5 Å². The van der Waals surface area contributed by atoms with Gasteiger partial charge in [0.05, 0.1) is 17.7 Å². The highest BCUT2D eigenvalue weighted by Gasteiger charge is 2.21. The van der Waals surface area contributed by atoms with Crippen molar-refractivity contribution >= 4 is 21.6 Å². The number of amides is 1. The van der Waals surface area contributed by atoms with Gasteiger partial charge in [-0.05, 0) is 60.2 Å². The Morgan fingerprint density at radius 3 is 2.34 bits per heavy atom. The van der Waals surface area contributed by atoms with Gasteiger partial charge in [-0.2, -0.15) is 0 Å². The van der Waals surface area contributed by atoms with Crippen molar-refractivity contribution in [3.8, 4) is 5.75 Å². The zero-order valence-corrected chi connectivity index (χ0v) is 16.9. The smallest absolute Gasteiger partial charge is 0.264 e. The van der Waals surface area contributed by atoms with E-state index in [1.54, 1.807) is 54.9 Å². The molecule has 1 amide bonds. The highest BCUT2D eigenvalue weighted by molar-refractivity contribution is 7.92. The van der Waals surface area contributed by atoms with E-state index in [1.165, 1.54) is 30.6 Å². The first-order valence-corrected chi connectivity index (χ1v) is 10.3. The summed E-state index contributed by atoms with van der Waals surface area (Å²) in [5.74, 6) is 0.328. The first-order valence-electron chi connectivity index (χ1n) is 8.82. The van der Waals surface area contributed by atoms with Gasteiger partial charge in [0.25, 0.3) is 15.9 Å². The number of aromatic nitrogens is 1. The SMILES string of the molecule is COc1ccc(S(=O)(=O)N(C)c2ccc(C(=O)NCc3cccnc3)cc2)cc1.